The second-order valence-electron chi connectivity index (χ2n) is 4.52. The van der Waals surface area contributed by atoms with Gasteiger partial charge in [0.05, 0.1) is 10.7 Å². The second kappa shape index (κ2) is 5.43. The van der Waals surface area contributed by atoms with E-state index in [0.717, 1.165) is 10.7 Å². The SMILES string of the molecule is CC(C)C(CN)c1nc(-c2ccccc2)cs1. The first kappa shape index (κ1) is 12.3. The molecule has 2 N–H and O–H groups in total. The van der Waals surface area contributed by atoms with Gasteiger partial charge in [0.15, 0.2) is 0 Å². The van der Waals surface area contributed by atoms with Gasteiger partial charge in [-0.3, -0.25) is 0 Å². The fourth-order valence-corrected chi connectivity index (χ4v) is 2.97. The van der Waals surface area contributed by atoms with E-state index < -0.39 is 0 Å². The second-order valence-corrected chi connectivity index (χ2v) is 5.41. The fraction of sp³-hybridized carbons (Fsp3) is 0.357. The third-order valence-corrected chi connectivity index (χ3v) is 3.94. The van der Waals surface area contributed by atoms with E-state index in [9.17, 15) is 0 Å². The molecule has 0 aliphatic carbocycles. The Kier molecular flexibility index (Phi) is 3.92. The predicted molar refractivity (Wildman–Crippen MR) is 74.2 cm³/mol. The summed E-state index contributed by atoms with van der Waals surface area (Å²) >= 11 is 1.71. The Hall–Kier alpha value is -1.19. The van der Waals surface area contributed by atoms with Crippen LogP contribution >= 0.6 is 11.3 Å². The van der Waals surface area contributed by atoms with Crippen molar-refractivity contribution in [3.63, 3.8) is 0 Å². The molecule has 0 radical (unpaired) electrons. The van der Waals surface area contributed by atoms with Crippen molar-refractivity contribution in [2.45, 2.75) is 19.8 Å². The van der Waals surface area contributed by atoms with Crippen molar-refractivity contribution in [1.29, 1.82) is 0 Å². The summed E-state index contributed by atoms with van der Waals surface area (Å²) in [7, 11) is 0. The van der Waals surface area contributed by atoms with Gasteiger partial charge in [0, 0.05) is 23.4 Å². The summed E-state index contributed by atoms with van der Waals surface area (Å²) in [4.78, 5) is 4.71. The standard InChI is InChI=1S/C14H18N2S/c1-10(2)12(8-15)14-16-13(9-17-14)11-6-4-3-5-7-11/h3-7,9-10,12H,8,15H2,1-2H3. The molecule has 1 atom stereocenters. The molecule has 0 spiro atoms. The molecule has 0 saturated carbocycles. The van der Waals surface area contributed by atoms with Crippen LogP contribution in [0.15, 0.2) is 35.7 Å². The number of rotatable bonds is 4. The Labute approximate surface area is 107 Å². The van der Waals surface area contributed by atoms with Crippen LogP contribution in [-0.4, -0.2) is 11.5 Å². The molecule has 1 unspecified atom stereocenters. The maximum absolute atomic E-state index is 5.82. The predicted octanol–water partition coefficient (Wildman–Crippen LogP) is 3.51. The summed E-state index contributed by atoms with van der Waals surface area (Å²) in [5.41, 5.74) is 8.06. The first-order chi connectivity index (χ1) is 8.22. The average Bonchev–Trinajstić information content (AvgIpc) is 2.80. The molecule has 0 fully saturated rings. The molecule has 2 aromatic rings. The molecule has 0 aliphatic heterocycles. The Morgan fingerprint density at radius 3 is 2.53 bits per heavy atom. The van der Waals surface area contributed by atoms with E-state index in [1.54, 1.807) is 11.3 Å². The minimum Gasteiger partial charge on any atom is -0.330 e. The lowest BCUT2D eigenvalue weighted by atomic mass is 9.97. The highest BCUT2D eigenvalue weighted by molar-refractivity contribution is 7.10. The van der Waals surface area contributed by atoms with E-state index >= 15 is 0 Å². The molecule has 0 saturated heterocycles. The van der Waals surface area contributed by atoms with Crippen molar-refractivity contribution >= 4 is 11.3 Å². The van der Waals surface area contributed by atoms with Gasteiger partial charge in [0.1, 0.15) is 0 Å². The summed E-state index contributed by atoms with van der Waals surface area (Å²) in [6.45, 7) is 5.06. The van der Waals surface area contributed by atoms with Crippen molar-refractivity contribution in [2.75, 3.05) is 6.54 Å². The number of hydrogen-bond acceptors (Lipinski definition) is 3. The van der Waals surface area contributed by atoms with E-state index in [-0.39, 0.29) is 0 Å². The molecule has 2 nitrogen and oxygen atoms in total. The monoisotopic (exact) mass is 246 g/mol. The normalized spacial score (nSPS) is 12.9. The van der Waals surface area contributed by atoms with Gasteiger partial charge in [-0.2, -0.15) is 0 Å². The van der Waals surface area contributed by atoms with Gasteiger partial charge in [0.25, 0.3) is 0 Å². The van der Waals surface area contributed by atoms with Crippen molar-refractivity contribution in [2.24, 2.45) is 11.7 Å². The fourth-order valence-electron chi connectivity index (χ4n) is 1.86. The van der Waals surface area contributed by atoms with Crippen LogP contribution in [0.5, 0.6) is 0 Å². The van der Waals surface area contributed by atoms with Gasteiger partial charge < -0.3 is 5.73 Å². The summed E-state index contributed by atoms with van der Waals surface area (Å²) < 4.78 is 0. The highest BCUT2D eigenvalue weighted by Gasteiger charge is 2.17. The summed E-state index contributed by atoms with van der Waals surface area (Å²) in [6.07, 6.45) is 0. The summed E-state index contributed by atoms with van der Waals surface area (Å²) in [6, 6.07) is 10.3. The lowest BCUT2D eigenvalue weighted by molar-refractivity contribution is 0.504. The summed E-state index contributed by atoms with van der Waals surface area (Å²) in [5, 5.41) is 3.27. The molecule has 0 bridgehead atoms. The van der Waals surface area contributed by atoms with Crippen molar-refractivity contribution in [3.8, 4) is 11.3 Å². The van der Waals surface area contributed by atoms with Crippen LogP contribution in [0.1, 0.15) is 24.8 Å². The Morgan fingerprint density at radius 1 is 1.24 bits per heavy atom. The number of thiazole rings is 1. The first-order valence-electron chi connectivity index (χ1n) is 5.93. The molecule has 1 aromatic heterocycles. The van der Waals surface area contributed by atoms with Crippen molar-refractivity contribution in [3.05, 3.63) is 40.7 Å². The third-order valence-electron chi connectivity index (χ3n) is 2.97. The van der Waals surface area contributed by atoms with Crippen LogP contribution in [0.3, 0.4) is 0 Å². The lowest BCUT2D eigenvalue weighted by Gasteiger charge is -2.15. The maximum Gasteiger partial charge on any atom is 0.0978 e. The van der Waals surface area contributed by atoms with Gasteiger partial charge in [-0.15, -0.1) is 11.3 Å². The van der Waals surface area contributed by atoms with E-state index in [4.69, 9.17) is 10.7 Å². The van der Waals surface area contributed by atoms with Crippen LogP contribution in [0.2, 0.25) is 0 Å². The smallest absolute Gasteiger partial charge is 0.0978 e. The maximum atomic E-state index is 5.82. The third kappa shape index (κ3) is 2.73. The molecular formula is C14H18N2S. The minimum absolute atomic E-state index is 0.373. The lowest BCUT2D eigenvalue weighted by Crippen LogP contribution is -2.17. The zero-order chi connectivity index (χ0) is 12.3. The number of aromatic nitrogens is 1. The highest BCUT2D eigenvalue weighted by Crippen LogP contribution is 2.29. The van der Waals surface area contributed by atoms with E-state index in [1.807, 2.05) is 18.2 Å². The average molecular weight is 246 g/mol. The molecule has 90 valence electrons. The zero-order valence-corrected chi connectivity index (χ0v) is 11.1. The largest absolute Gasteiger partial charge is 0.330 e. The quantitative estimate of drug-likeness (QED) is 0.896. The van der Waals surface area contributed by atoms with Crippen molar-refractivity contribution < 1.29 is 0 Å². The molecule has 0 amide bonds. The molecule has 2 rings (SSSR count). The Morgan fingerprint density at radius 2 is 1.94 bits per heavy atom. The first-order valence-corrected chi connectivity index (χ1v) is 6.81. The van der Waals surface area contributed by atoms with Crippen LogP contribution in [0, 0.1) is 5.92 Å². The Bertz CT molecular complexity index is 462. The molecule has 1 aromatic carbocycles. The van der Waals surface area contributed by atoms with Gasteiger partial charge in [0.2, 0.25) is 0 Å². The van der Waals surface area contributed by atoms with Gasteiger partial charge >= 0.3 is 0 Å². The topological polar surface area (TPSA) is 38.9 Å². The minimum atomic E-state index is 0.373. The molecule has 0 aliphatic rings. The number of benzene rings is 1. The number of nitrogens with two attached hydrogens (primary N) is 1. The Balaban J connectivity index is 2.27. The zero-order valence-electron chi connectivity index (χ0n) is 10.3. The molecular weight excluding hydrogens is 228 g/mol. The highest BCUT2D eigenvalue weighted by atomic mass is 32.1. The van der Waals surface area contributed by atoms with E-state index in [1.165, 1.54) is 5.56 Å². The van der Waals surface area contributed by atoms with E-state index in [2.05, 4.69) is 31.4 Å². The van der Waals surface area contributed by atoms with Crippen LogP contribution in [0.4, 0.5) is 0 Å². The number of hydrogen-bond donors (Lipinski definition) is 1. The van der Waals surface area contributed by atoms with Gasteiger partial charge in [-0.1, -0.05) is 44.2 Å². The van der Waals surface area contributed by atoms with Crippen LogP contribution in [0.25, 0.3) is 11.3 Å². The molecule has 3 heteroatoms. The van der Waals surface area contributed by atoms with Gasteiger partial charge in [-0.05, 0) is 5.92 Å². The van der Waals surface area contributed by atoms with Crippen molar-refractivity contribution in [1.82, 2.24) is 4.98 Å². The van der Waals surface area contributed by atoms with Crippen LogP contribution in [-0.2, 0) is 0 Å². The van der Waals surface area contributed by atoms with E-state index in [0.29, 0.717) is 18.4 Å². The van der Waals surface area contributed by atoms with Crippen LogP contribution < -0.4 is 5.73 Å². The van der Waals surface area contributed by atoms with Gasteiger partial charge in [-0.25, -0.2) is 4.98 Å². The molecule has 1 heterocycles. The summed E-state index contributed by atoms with van der Waals surface area (Å²) in [5.74, 6) is 0.909. The molecule has 17 heavy (non-hydrogen) atoms. The number of nitrogens with zero attached hydrogens (tertiary/aromatic N) is 1.